The standard InChI is InChI=1S/C22H26FN5O2S/c1-3-4-20-26-22(30-27-20)16-5-6-19(18(23)11-16)28-9-7-15(8-10-28)21(29)24-12-17-13-31-14(2)25-17/h5-6,11,13,15H,3-4,7-10,12H2,1-2H3,(H,24,29). The first-order chi connectivity index (χ1) is 15.0. The summed E-state index contributed by atoms with van der Waals surface area (Å²) in [6.45, 7) is 5.70. The van der Waals surface area contributed by atoms with E-state index >= 15 is 0 Å². The lowest BCUT2D eigenvalue weighted by Crippen LogP contribution is -2.40. The summed E-state index contributed by atoms with van der Waals surface area (Å²) in [5.74, 6) is 0.621. The lowest BCUT2D eigenvalue weighted by atomic mass is 9.95. The van der Waals surface area contributed by atoms with Crippen molar-refractivity contribution >= 4 is 22.9 Å². The molecule has 1 N–H and O–H groups in total. The molecule has 9 heteroatoms. The first-order valence-corrected chi connectivity index (χ1v) is 11.5. The van der Waals surface area contributed by atoms with Crippen molar-refractivity contribution in [1.82, 2.24) is 20.4 Å². The van der Waals surface area contributed by atoms with Crippen LogP contribution in [0.3, 0.4) is 0 Å². The molecule has 1 aliphatic heterocycles. The Hall–Kier alpha value is -2.81. The number of carbonyl (C=O) groups excluding carboxylic acids is 1. The molecule has 0 aliphatic carbocycles. The number of aryl methyl sites for hydroxylation is 2. The van der Waals surface area contributed by atoms with E-state index in [9.17, 15) is 9.18 Å². The second-order valence-electron chi connectivity index (χ2n) is 7.77. The number of piperidine rings is 1. The van der Waals surface area contributed by atoms with Crippen LogP contribution < -0.4 is 10.2 Å². The number of nitrogens with one attached hydrogen (secondary N) is 1. The van der Waals surface area contributed by atoms with Crippen LogP contribution in [0, 0.1) is 18.7 Å². The highest BCUT2D eigenvalue weighted by molar-refractivity contribution is 7.09. The van der Waals surface area contributed by atoms with E-state index in [2.05, 4.69) is 20.4 Å². The minimum atomic E-state index is -0.324. The largest absolute Gasteiger partial charge is 0.369 e. The Bertz CT molecular complexity index is 1040. The molecule has 1 amide bonds. The third kappa shape index (κ3) is 5.10. The number of hydrogen-bond donors (Lipinski definition) is 1. The Labute approximate surface area is 184 Å². The van der Waals surface area contributed by atoms with Gasteiger partial charge in [0, 0.05) is 36.4 Å². The Morgan fingerprint density at radius 3 is 2.81 bits per heavy atom. The topological polar surface area (TPSA) is 84.2 Å². The number of rotatable bonds is 7. The second kappa shape index (κ2) is 9.55. The number of nitrogens with zero attached hydrogens (tertiary/aromatic N) is 4. The molecule has 0 unspecified atom stereocenters. The van der Waals surface area contributed by atoms with E-state index < -0.39 is 0 Å². The maximum absolute atomic E-state index is 14.8. The van der Waals surface area contributed by atoms with Gasteiger partial charge in [-0.05, 0) is 44.4 Å². The molecular formula is C22H26FN5O2S. The summed E-state index contributed by atoms with van der Waals surface area (Å²) in [6, 6.07) is 4.99. The number of aromatic nitrogens is 3. The lowest BCUT2D eigenvalue weighted by Gasteiger charge is -2.33. The number of amides is 1. The van der Waals surface area contributed by atoms with E-state index in [1.54, 1.807) is 23.5 Å². The zero-order valence-electron chi connectivity index (χ0n) is 17.7. The molecule has 1 fully saturated rings. The van der Waals surface area contributed by atoms with Gasteiger partial charge in [0.1, 0.15) is 5.82 Å². The van der Waals surface area contributed by atoms with Crippen LogP contribution in [0.4, 0.5) is 10.1 Å². The minimum absolute atomic E-state index is 0.0420. The van der Waals surface area contributed by atoms with E-state index in [4.69, 9.17) is 4.52 Å². The summed E-state index contributed by atoms with van der Waals surface area (Å²) in [6.07, 6.45) is 3.03. The molecule has 164 valence electrons. The molecule has 4 rings (SSSR count). The normalized spacial score (nSPS) is 14.7. The van der Waals surface area contributed by atoms with Crippen LogP contribution in [-0.4, -0.2) is 34.1 Å². The van der Waals surface area contributed by atoms with Crippen LogP contribution >= 0.6 is 11.3 Å². The lowest BCUT2D eigenvalue weighted by molar-refractivity contribution is -0.125. The fourth-order valence-corrected chi connectivity index (χ4v) is 4.40. The van der Waals surface area contributed by atoms with Crippen LogP contribution in [0.2, 0.25) is 0 Å². The highest BCUT2D eigenvalue weighted by atomic mass is 32.1. The maximum Gasteiger partial charge on any atom is 0.258 e. The van der Waals surface area contributed by atoms with Crippen molar-refractivity contribution in [3.63, 3.8) is 0 Å². The molecule has 1 saturated heterocycles. The molecule has 0 saturated carbocycles. The van der Waals surface area contributed by atoms with Crippen LogP contribution in [-0.2, 0) is 17.8 Å². The summed E-state index contributed by atoms with van der Waals surface area (Å²) in [5, 5.41) is 9.85. The first-order valence-electron chi connectivity index (χ1n) is 10.6. The van der Waals surface area contributed by atoms with E-state index in [1.807, 2.05) is 24.1 Å². The van der Waals surface area contributed by atoms with Crippen molar-refractivity contribution < 1.29 is 13.7 Å². The average molecular weight is 444 g/mol. The Morgan fingerprint density at radius 1 is 1.32 bits per heavy atom. The van der Waals surface area contributed by atoms with E-state index in [0.717, 1.165) is 23.5 Å². The van der Waals surface area contributed by atoms with Gasteiger partial charge in [-0.25, -0.2) is 9.37 Å². The van der Waals surface area contributed by atoms with E-state index in [1.165, 1.54) is 6.07 Å². The summed E-state index contributed by atoms with van der Waals surface area (Å²) >= 11 is 1.58. The molecule has 2 aromatic heterocycles. The van der Waals surface area contributed by atoms with Gasteiger partial charge < -0.3 is 14.7 Å². The summed E-state index contributed by atoms with van der Waals surface area (Å²) in [7, 11) is 0. The Balaban J connectivity index is 1.33. The summed E-state index contributed by atoms with van der Waals surface area (Å²) in [4.78, 5) is 23.2. The molecule has 0 atom stereocenters. The minimum Gasteiger partial charge on any atom is -0.369 e. The van der Waals surface area contributed by atoms with Gasteiger partial charge in [0.2, 0.25) is 5.91 Å². The molecular weight excluding hydrogens is 417 g/mol. The SMILES string of the molecule is CCCc1noc(-c2ccc(N3CCC(C(=O)NCc4csc(C)n4)CC3)c(F)c2)n1. The fourth-order valence-electron chi connectivity index (χ4n) is 3.79. The van der Waals surface area contributed by atoms with Gasteiger partial charge in [0.05, 0.1) is 22.9 Å². The number of thiazole rings is 1. The van der Waals surface area contributed by atoms with Gasteiger partial charge in [-0.2, -0.15) is 4.98 Å². The molecule has 1 aromatic carbocycles. The van der Waals surface area contributed by atoms with Gasteiger partial charge in [0.25, 0.3) is 5.89 Å². The Kier molecular flexibility index (Phi) is 6.60. The number of anilines is 1. The first kappa shape index (κ1) is 21.4. The van der Waals surface area contributed by atoms with Gasteiger partial charge >= 0.3 is 0 Å². The average Bonchev–Trinajstić information content (AvgIpc) is 3.41. The molecule has 3 aromatic rings. The van der Waals surface area contributed by atoms with Crippen molar-refractivity contribution in [2.24, 2.45) is 5.92 Å². The molecule has 7 nitrogen and oxygen atoms in total. The predicted octanol–water partition coefficient (Wildman–Crippen LogP) is 4.13. The fraction of sp³-hybridized carbons (Fsp3) is 0.455. The van der Waals surface area contributed by atoms with Crippen molar-refractivity contribution in [2.45, 2.75) is 46.1 Å². The molecule has 3 heterocycles. The van der Waals surface area contributed by atoms with Gasteiger partial charge in [0.15, 0.2) is 5.82 Å². The second-order valence-corrected chi connectivity index (χ2v) is 8.83. The molecule has 0 spiro atoms. The Morgan fingerprint density at radius 2 is 2.13 bits per heavy atom. The van der Waals surface area contributed by atoms with E-state index in [0.29, 0.717) is 55.4 Å². The number of carbonyl (C=O) groups is 1. The van der Waals surface area contributed by atoms with Crippen LogP contribution in [0.5, 0.6) is 0 Å². The number of hydrogen-bond acceptors (Lipinski definition) is 7. The maximum atomic E-state index is 14.8. The summed E-state index contributed by atoms with van der Waals surface area (Å²) in [5.41, 5.74) is 2.00. The summed E-state index contributed by atoms with van der Waals surface area (Å²) < 4.78 is 20.1. The molecule has 1 aliphatic rings. The molecule has 0 bridgehead atoms. The quantitative estimate of drug-likeness (QED) is 0.591. The van der Waals surface area contributed by atoms with Crippen molar-refractivity contribution in [3.05, 3.63) is 45.9 Å². The highest BCUT2D eigenvalue weighted by Crippen LogP contribution is 2.29. The van der Waals surface area contributed by atoms with Crippen molar-refractivity contribution in [1.29, 1.82) is 0 Å². The van der Waals surface area contributed by atoms with Gasteiger partial charge in [-0.15, -0.1) is 11.3 Å². The van der Waals surface area contributed by atoms with Crippen LogP contribution in [0.1, 0.15) is 42.7 Å². The zero-order chi connectivity index (χ0) is 21.8. The number of halogens is 1. The third-order valence-corrected chi connectivity index (χ3v) is 6.28. The van der Waals surface area contributed by atoms with Gasteiger partial charge in [-0.1, -0.05) is 12.1 Å². The monoisotopic (exact) mass is 443 g/mol. The van der Waals surface area contributed by atoms with Crippen LogP contribution in [0.15, 0.2) is 28.1 Å². The van der Waals surface area contributed by atoms with Gasteiger partial charge in [-0.3, -0.25) is 4.79 Å². The molecule has 31 heavy (non-hydrogen) atoms. The number of benzene rings is 1. The van der Waals surface area contributed by atoms with Crippen LogP contribution in [0.25, 0.3) is 11.5 Å². The smallest absolute Gasteiger partial charge is 0.258 e. The van der Waals surface area contributed by atoms with E-state index in [-0.39, 0.29) is 17.6 Å². The zero-order valence-corrected chi connectivity index (χ0v) is 18.5. The molecule has 0 radical (unpaired) electrons. The predicted molar refractivity (Wildman–Crippen MR) is 117 cm³/mol. The highest BCUT2D eigenvalue weighted by Gasteiger charge is 2.26. The third-order valence-electron chi connectivity index (χ3n) is 5.45. The van der Waals surface area contributed by atoms with Crippen molar-refractivity contribution in [2.75, 3.05) is 18.0 Å². The van der Waals surface area contributed by atoms with Crippen molar-refractivity contribution in [3.8, 4) is 11.5 Å².